The average molecular weight is 493 g/mol. The number of halogens is 2. The summed E-state index contributed by atoms with van der Waals surface area (Å²) in [5.41, 5.74) is 1.14. The molecule has 32 heavy (non-hydrogen) atoms. The van der Waals surface area contributed by atoms with Crippen LogP contribution in [0.25, 0.3) is 0 Å². The van der Waals surface area contributed by atoms with Crippen LogP contribution in [0.15, 0.2) is 59.5 Å². The second kappa shape index (κ2) is 10.9. The van der Waals surface area contributed by atoms with Crippen LogP contribution in [-0.4, -0.2) is 28.1 Å². The van der Waals surface area contributed by atoms with E-state index in [2.05, 4.69) is 10.6 Å². The van der Waals surface area contributed by atoms with E-state index in [-0.39, 0.29) is 17.1 Å². The summed E-state index contributed by atoms with van der Waals surface area (Å²) in [5.74, 6) is -2.77. The topological polar surface area (TPSA) is 95.5 Å². The minimum Gasteiger partial charge on any atom is -0.481 e. The number of rotatable bonds is 7. The number of anilines is 2. The Bertz CT molecular complexity index is 1040. The molecule has 0 fully saturated rings. The fourth-order valence-electron chi connectivity index (χ4n) is 3.30. The van der Waals surface area contributed by atoms with Gasteiger partial charge in [-0.3, -0.25) is 14.4 Å². The molecule has 2 aromatic carbocycles. The van der Waals surface area contributed by atoms with Crippen LogP contribution >= 0.6 is 35.0 Å². The van der Waals surface area contributed by atoms with Crippen LogP contribution in [-0.2, 0) is 14.4 Å². The number of carbonyl (C=O) groups is 3. The Morgan fingerprint density at radius 2 is 1.56 bits per heavy atom. The van der Waals surface area contributed by atoms with Crippen molar-refractivity contribution in [1.29, 1.82) is 0 Å². The van der Waals surface area contributed by atoms with E-state index < -0.39 is 17.8 Å². The highest BCUT2D eigenvalue weighted by Crippen LogP contribution is 2.30. The zero-order valence-corrected chi connectivity index (χ0v) is 19.5. The van der Waals surface area contributed by atoms with Crippen LogP contribution in [0.2, 0.25) is 10.0 Å². The number of amides is 2. The van der Waals surface area contributed by atoms with Gasteiger partial charge in [0.2, 0.25) is 11.8 Å². The molecule has 0 saturated heterocycles. The molecule has 3 unspecified atom stereocenters. The first-order valence-corrected chi connectivity index (χ1v) is 11.6. The molecule has 3 N–H and O–H groups in total. The van der Waals surface area contributed by atoms with Crippen LogP contribution in [0.5, 0.6) is 0 Å². The monoisotopic (exact) mass is 492 g/mol. The second-order valence-electron chi connectivity index (χ2n) is 7.39. The van der Waals surface area contributed by atoms with Crippen molar-refractivity contribution in [3.63, 3.8) is 0 Å². The van der Waals surface area contributed by atoms with E-state index in [1.54, 1.807) is 55.5 Å². The number of allylic oxidation sites excluding steroid dienone is 2. The number of carboxylic acids is 1. The van der Waals surface area contributed by atoms with Crippen molar-refractivity contribution in [3.8, 4) is 0 Å². The van der Waals surface area contributed by atoms with Gasteiger partial charge in [0, 0.05) is 16.3 Å². The number of carbonyl (C=O) groups excluding carboxylic acids is 2. The van der Waals surface area contributed by atoms with Crippen LogP contribution in [0.1, 0.15) is 19.8 Å². The highest BCUT2D eigenvalue weighted by Gasteiger charge is 2.33. The van der Waals surface area contributed by atoms with E-state index >= 15 is 0 Å². The quantitative estimate of drug-likeness (QED) is 0.339. The lowest BCUT2D eigenvalue weighted by Gasteiger charge is -2.24. The molecule has 0 aliphatic heterocycles. The van der Waals surface area contributed by atoms with E-state index in [4.69, 9.17) is 23.2 Å². The van der Waals surface area contributed by atoms with Crippen LogP contribution < -0.4 is 10.6 Å². The molecule has 0 bridgehead atoms. The Hall–Kier alpha value is -2.48. The normalized spacial score (nSPS) is 18.6. The van der Waals surface area contributed by atoms with Gasteiger partial charge in [-0.05, 0) is 62.2 Å². The average Bonchev–Trinajstić information content (AvgIpc) is 2.77. The SMILES string of the molecule is CC(Sc1ccc(NC(=O)C2CC=CCC2C(=O)O)cc1)C(=O)Nc1ccc(Cl)c(Cl)c1. The van der Waals surface area contributed by atoms with Crippen molar-refractivity contribution in [2.75, 3.05) is 10.6 Å². The van der Waals surface area contributed by atoms with Crippen LogP contribution in [0, 0.1) is 11.8 Å². The maximum atomic E-state index is 12.6. The summed E-state index contributed by atoms with van der Waals surface area (Å²) in [6.07, 6.45) is 4.40. The molecule has 2 amide bonds. The molecule has 0 saturated carbocycles. The van der Waals surface area contributed by atoms with E-state index in [0.717, 1.165) is 4.90 Å². The van der Waals surface area contributed by atoms with Gasteiger partial charge in [-0.15, -0.1) is 11.8 Å². The fourth-order valence-corrected chi connectivity index (χ4v) is 4.47. The molecule has 0 aromatic heterocycles. The summed E-state index contributed by atoms with van der Waals surface area (Å²) in [7, 11) is 0. The highest BCUT2D eigenvalue weighted by atomic mass is 35.5. The smallest absolute Gasteiger partial charge is 0.307 e. The number of aliphatic carboxylic acids is 1. The van der Waals surface area contributed by atoms with Gasteiger partial charge in [0.25, 0.3) is 0 Å². The van der Waals surface area contributed by atoms with Crippen LogP contribution in [0.4, 0.5) is 11.4 Å². The predicted molar refractivity (Wildman–Crippen MR) is 128 cm³/mol. The van der Waals surface area contributed by atoms with Crippen molar-refractivity contribution < 1.29 is 19.5 Å². The third-order valence-corrected chi connectivity index (χ3v) is 6.93. The van der Waals surface area contributed by atoms with Crippen molar-refractivity contribution in [2.45, 2.75) is 29.9 Å². The van der Waals surface area contributed by atoms with Gasteiger partial charge in [-0.2, -0.15) is 0 Å². The summed E-state index contributed by atoms with van der Waals surface area (Å²) in [4.78, 5) is 37.3. The fraction of sp³-hybridized carbons (Fsp3) is 0.261. The molecule has 3 rings (SSSR count). The van der Waals surface area contributed by atoms with Crippen molar-refractivity contribution >= 4 is 64.1 Å². The molecular formula is C23H22Cl2N2O4S. The van der Waals surface area contributed by atoms with Gasteiger partial charge in [0.05, 0.1) is 27.1 Å². The van der Waals surface area contributed by atoms with Gasteiger partial charge in [0.1, 0.15) is 0 Å². The number of carboxylic acid groups (broad SMARTS) is 1. The molecule has 2 aromatic rings. The predicted octanol–water partition coefficient (Wildman–Crippen LogP) is 5.72. The second-order valence-corrected chi connectivity index (χ2v) is 9.61. The molecular weight excluding hydrogens is 471 g/mol. The number of hydrogen-bond donors (Lipinski definition) is 3. The zero-order chi connectivity index (χ0) is 23.3. The summed E-state index contributed by atoms with van der Waals surface area (Å²) in [6.45, 7) is 1.79. The number of nitrogens with one attached hydrogen (secondary N) is 2. The maximum Gasteiger partial charge on any atom is 0.307 e. The molecule has 0 spiro atoms. The number of thioether (sulfide) groups is 1. The van der Waals surface area contributed by atoms with E-state index in [9.17, 15) is 19.5 Å². The number of benzene rings is 2. The summed E-state index contributed by atoms with van der Waals surface area (Å²) in [5, 5.41) is 15.3. The van der Waals surface area contributed by atoms with Gasteiger partial charge in [-0.1, -0.05) is 35.4 Å². The van der Waals surface area contributed by atoms with Crippen LogP contribution in [0.3, 0.4) is 0 Å². The lowest BCUT2D eigenvalue weighted by atomic mass is 9.82. The molecule has 9 heteroatoms. The first-order chi connectivity index (χ1) is 15.2. The Morgan fingerprint density at radius 3 is 2.19 bits per heavy atom. The Kier molecular flexibility index (Phi) is 8.23. The van der Waals surface area contributed by atoms with Gasteiger partial charge < -0.3 is 15.7 Å². The summed E-state index contributed by atoms with van der Waals surface area (Å²) >= 11 is 13.2. The summed E-state index contributed by atoms with van der Waals surface area (Å²) in [6, 6.07) is 12.0. The van der Waals surface area contributed by atoms with E-state index in [1.165, 1.54) is 11.8 Å². The van der Waals surface area contributed by atoms with Gasteiger partial charge >= 0.3 is 5.97 Å². The minimum atomic E-state index is -0.964. The van der Waals surface area contributed by atoms with Gasteiger partial charge in [-0.25, -0.2) is 0 Å². The van der Waals surface area contributed by atoms with Crippen molar-refractivity contribution in [2.24, 2.45) is 11.8 Å². The molecule has 0 heterocycles. The lowest BCUT2D eigenvalue weighted by molar-refractivity contribution is -0.146. The largest absolute Gasteiger partial charge is 0.481 e. The van der Waals surface area contributed by atoms with Crippen molar-refractivity contribution in [3.05, 3.63) is 64.7 Å². The standard InChI is InChI=1S/C23H22Cl2N2O4S/c1-13(21(28)27-15-8-11-19(24)20(25)12-15)32-16-9-6-14(7-10-16)26-22(29)17-4-2-3-5-18(17)23(30)31/h2-3,6-13,17-18H,4-5H2,1H3,(H,26,29)(H,27,28)(H,30,31). The molecule has 1 aliphatic carbocycles. The van der Waals surface area contributed by atoms with Gasteiger partial charge in [0.15, 0.2) is 0 Å². The third kappa shape index (κ3) is 6.28. The third-order valence-electron chi connectivity index (χ3n) is 5.08. The molecule has 168 valence electrons. The Labute approximate surface area is 200 Å². The first-order valence-electron chi connectivity index (χ1n) is 9.96. The first kappa shape index (κ1) is 24.2. The molecule has 3 atom stereocenters. The van der Waals surface area contributed by atoms with E-state index in [0.29, 0.717) is 34.3 Å². The summed E-state index contributed by atoms with van der Waals surface area (Å²) < 4.78 is 0. The zero-order valence-electron chi connectivity index (χ0n) is 17.2. The van der Waals surface area contributed by atoms with E-state index in [1.807, 2.05) is 6.08 Å². The lowest BCUT2D eigenvalue weighted by Crippen LogP contribution is -2.34. The van der Waals surface area contributed by atoms with Crippen molar-refractivity contribution in [1.82, 2.24) is 0 Å². The minimum absolute atomic E-state index is 0.184. The Morgan fingerprint density at radius 1 is 0.938 bits per heavy atom. The molecule has 1 aliphatic rings. The number of hydrogen-bond acceptors (Lipinski definition) is 4. The highest BCUT2D eigenvalue weighted by molar-refractivity contribution is 8.00. The molecule has 0 radical (unpaired) electrons. The maximum absolute atomic E-state index is 12.6. The Balaban J connectivity index is 1.56. The molecule has 6 nitrogen and oxygen atoms in total.